The second-order valence-electron chi connectivity index (χ2n) is 7.47. The molecule has 1 aromatic heterocycles. The standard InChI is InChI=1S/C20H31N3O2/c1-16-4-2-5-18(22-16)15-23-11-9-17(10-12-23)7-8-20(24)21-14-19-6-3-13-25-19/h2,4-5,17,19H,3,6-15H2,1H3,(H,21,24). The van der Waals surface area contributed by atoms with Crippen LogP contribution in [0.4, 0.5) is 0 Å². The lowest BCUT2D eigenvalue weighted by Crippen LogP contribution is -2.35. The van der Waals surface area contributed by atoms with Crippen molar-refractivity contribution in [2.24, 2.45) is 5.92 Å². The number of hydrogen-bond acceptors (Lipinski definition) is 4. The second-order valence-corrected chi connectivity index (χ2v) is 7.47. The summed E-state index contributed by atoms with van der Waals surface area (Å²) in [5, 5.41) is 3.03. The second kappa shape index (κ2) is 9.30. The number of carbonyl (C=O) groups excluding carboxylic acids is 1. The number of carbonyl (C=O) groups is 1. The van der Waals surface area contributed by atoms with Crippen LogP contribution < -0.4 is 5.32 Å². The summed E-state index contributed by atoms with van der Waals surface area (Å²) in [7, 11) is 0. The third-order valence-electron chi connectivity index (χ3n) is 5.37. The largest absolute Gasteiger partial charge is 0.376 e. The van der Waals surface area contributed by atoms with Crippen molar-refractivity contribution in [2.75, 3.05) is 26.2 Å². The average Bonchev–Trinajstić information content (AvgIpc) is 3.13. The van der Waals surface area contributed by atoms with E-state index in [2.05, 4.69) is 27.3 Å². The Bertz CT molecular complexity index is 550. The molecule has 25 heavy (non-hydrogen) atoms. The molecule has 5 nitrogen and oxygen atoms in total. The molecule has 5 heteroatoms. The number of amides is 1. The van der Waals surface area contributed by atoms with E-state index in [1.165, 1.54) is 12.8 Å². The van der Waals surface area contributed by atoms with E-state index in [9.17, 15) is 4.79 Å². The quantitative estimate of drug-likeness (QED) is 0.825. The fraction of sp³-hybridized carbons (Fsp3) is 0.700. The first-order valence-corrected chi connectivity index (χ1v) is 9.72. The van der Waals surface area contributed by atoms with Gasteiger partial charge in [-0.2, -0.15) is 0 Å². The highest BCUT2D eigenvalue weighted by molar-refractivity contribution is 5.75. The highest BCUT2D eigenvalue weighted by Crippen LogP contribution is 2.23. The zero-order chi connectivity index (χ0) is 17.5. The SMILES string of the molecule is Cc1cccc(CN2CCC(CCC(=O)NCC3CCCO3)CC2)n1. The van der Waals surface area contributed by atoms with Crippen LogP contribution >= 0.6 is 0 Å². The van der Waals surface area contributed by atoms with Gasteiger partial charge in [0.05, 0.1) is 11.8 Å². The molecule has 1 aromatic rings. The first-order valence-electron chi connectivity index (χ1n) is 9.72. The van der Waals surface area contributed by atoms with Crippen molar-refractivity contribution in [1.82, 2.24) is 15.2 Å². The zero-order valence-electron chi connectivity index (χ0n) is 15.4. The summed E-state index contributed by atoms with van der Waals surface area (Å²) in [6.07, 6.45) is 6.47. The van der Waals surface area contributed by atoms with Crippen LogP contribution in [-0.2, 0) is 16.1 Å². The number of rotatable bonds is 7. The molecule has 2 fully saturated rings. The minimum atomic E-state index is 0.182. The molecule has 0 aliphatic carbocycles. The van der Waals surface area contributed by atoms with E-state index < -0.39 is 0 Å². The van der Waals surface area contributed by atoms with Crippen LogP contribution in [0.3, 0.4) is 0 Å². The summed E-state index contributed by atoms with van der Waals surface area (Å²) in [5.74, 6) is 0.858. The van der Waals surface area contributed by atoms with Crippen molar-refractivity contribution in [3.63, 3.8) is 0 Å². The Labute approximate surface area is 151 Å². The van der Waals surface area contributed by atoms with E-state index in [4.69, 9.17) is 4.74 Å². The van der Waals surface area contributed by atoms with Gasteiger partial charge in [0.2, 0.25) is 5.91 Å². The fourth-order valence-corrected chi connectivity index (χ4v) is 3.81. The average molecular weight is 345 g/mol. The Morgan fingerprint density at radius 1 is 1.32 bits per heavy atom. The van der Waals surface area contributed by atoms with Crippen molar-refractivity contribution in [3.05, 3.63) is 29.6 Å². The summed E-state index contributed by atoms with van der Waals surface area (Å²) < 4.78 is 5.54. The molecule has 0 radical (unpaired) electrons. The minimum absolute atomic E-state index is 0.182. The molecule has 138 valence electrons. The van der Waals surface area contributed by atoms with Gasteiger partial charge in [0.25, 0.3) is 0 Å². The first-order chi connectivity index (χ1) is 12.2. The topological polar surface area (TPSA) is 54.5 Å². The lowest BCUT2D eigenvalue weighted by atomic mass is 9.92. The predicted molar refractivity (Wildman–Crippen MR) is 98.2 cm³/mol. The molecule has 1 atom stereocenters. The number of pyridine rings is 1. The van der Waals surface area contributed by atoms with E-state index in [1.54, 1.807) is 0 Å². The van der Waals surface area contributed by atoms with Gasteiger partial charge in [-0.25, -0.2) is 0 Å². The van der Waals surface area contributed by atoms with Crippen LogP contribution in [-0.4, -0.2) is 48.1 Å². The molecule has 0 spiro atoms. The summed E-state index contributed by atoms with van der Waals surface area (Å²) in [6.45, 7) is 6.73. The van der Waals surface area contributed by atoms with Gasteiger partial charge in [-0.3, -0.25) is 14.7 Å². The number of nitrogens with one attached hydrogen (secondary N) is 1. The van der Waals surface area contributed by atoms with Gasteiger partial charge in [-0.15, -0.1) is 0 Å². The van der Waals surface area contributed by atoms with E-state index in [0.717, 1.165) is 56.9 Å². The molecule has 1 unspecified atom stereocenters. The highest BCUT2D eigenvalue weighted by atomic mass is 16.5. The number of nitrogens with zero attached hydrogens (tertiary/aromatic N) is 2. The van der Waals surface area contributed by atoms with Crippen LogP contribution in [0.25, 0.3) is 0 Å². The number of aryl methyl sites for hydroxylation is 1. The number of piperidine rings is 1. The lowest BCUT2D eigenvalue weighted by Gasteiger charge is -2.31. The van der Waals surface area contributed by atoms with Crippen LogP contribution in [0.2, 0.25) is 0 Å². The normalized spacial score (nSPS) is 22.2. The fourth-order valence-electron chi connectivity index (χ4n) is 3.81. The summed E-state index contributed by atoms with van der Waals surface area (Å²) in [4.78, 5) is 19.1. The Hall–Kier alpha value is -1.46. The Kier molecular flexibility index (Phi) is 6.82. The van der Waals surface area contributed by atoms with Crippen LogP contribution in [0.1, 0.15) is 49.9 Å². The third-order valence-corrected chi connectivity index (χ3v) is 5.37. The van der Waals surface area contributed by atoms with Crippen molar-refractivity contribution < 1.29 is 9.53 Å². The summed E-state index contributed by atoms with van der Waals surface area (Å²) >= 11 is 0. The van der Waals surface area contributed by atoms with Crippen molar-refractivity contribution in [1.29, 1.82) is 0 Å². The lowest BCUT2D eigenvalue weighted by molar-refractivity contribution is -0.122. The smallest absolute Gasteiger partial charge is 0.220 e. The van der Waals surface area contributed by atoms with E-state index in [1.807, 2.05) is 13.0 Å². The zero-order valence-corrected chi connectivity index (χ0v) is 15.4. The van der Waals surface area contributed by atoms with Crippen molar-refractivity contribution in [2.45, 2.75) is 58.1 Å². The van der Waals surface area contributed by atoms with Gasteiger partial charge in [0, 0.05) is 31.8 Å². The summed E-state index contributed by atoms with van der Waals surface area (Å²) in [5.41, 5.74) is 2.24. The molecule has 3 rings (SSSR count). The van der Waals surface area contributed by atoms with Gasteiger partial charge in [-0.1, -0.05) is 6.07 Å². The Morgan fingerprint density at radius 3 is 2.88 bits per heavy atom. The van der Waals surface area contributed by atoms with Gasteiger partial charge in [0.1, 0.15) is 0 Å². The van der Waals surface area contributed by atoms with Crippen LogP contribution in [0, 0.1) is 12.8 Å². The van der Waals surface area contributed by atoms with E-state index >= 15 is 0 Å². The van der Waals surface area contributed by atoms with Crippen molar-refractivity contribution >= 4 is 5.91 Å². The number of aromatic nitrogens is 1. The van der Waals surface area contributed by atoms with Gasteiger partial charge < -0.3 is 10.1 Å². The molecule has 3 heterocycles. The number of ether oxygens (including phenoxy) is 1. The Balaban J connectivity index is 1.30. The maximum atomic E-state index is 12.0. The van der Waals surface area contributed by atoms with Crippen molar-refractivity contribution in [3.8, 4) is 0 Å². The predicted octanol–water partition coefficient (Wildman–Crippen LogP) is 2.68. The molecule has 0 bridgehead atoms. The van der Waals surface area contributed by atoms with Gasteiger partial charge in [-0.05, 0) is 70.2 Å². The summed E-state index contributed by atoms with van der Waals surface area (Å²) in [6, 6.07) is 6.23. The molecule has 2 saturated heterocycles. The molecule has 0 saturated carbocycles. The molecule has 1 N–H and O–H groups in total. The molecular weight excluding hydrogens is 314 g/mol. The highest BCUT2D eigenvalue weighted by Gasteiger charge is 2.21. The number of likely N-dealkylation sites (tertiary alicyclic amines) is 1. The molecule has 0 aromatic carbocycles. The molecular formula is C20H31N3O2. The van der Waals surface area contributed by atoms with Crippen LogP contribution in [0.5, 0.6) is 0 Å². The molecule has 2 aliphatic heterocycles. The van der Waals surface area contributed by atoms with E-state index in [0.29, 0.717) is 18.9 Å². The number of hydrogen-bond donors (Lipinski definition) is 1. The van der Waals surface area contributed by atoms with Gasteiger partial charge >= 0.3 is 0 Å². The Morgan fingerprint density at radius 2 is 2.16 bits per heavy atom. The molecule has 1 amide bonds. The van der Waals surface area contributed by atoms with E-state index in [-0.39, 0.29) is 12.0 Å². The monoisotopic (exact) mass is 345 g/mol. The maximum absolute atomic E-state index is 12.0. The third kappa shape index (κ3) is 6.08. The molecule has 2 aliphatic rings. The van der Waals surface area contributed by atoms with Crippen LogP contribution in [0.15, 0.2) is 18.2 Å². The van der Waals surface area contributed by atoms with Gasteiger partial charge in [0.15, 0.2) is 0 Å². The maximum Gasteiger partial charge on any atom is 0.220 e. The minimum Gasteiger partial charge on any atom is -0.376 e. The first kappa shape index (κ1) is 18.3.